The van der Waals surface area contributed by atoms with Gasteiger partial charge in [-0.2, -0.15) is 0 Å². The summed E-state index contributed by atoms with van der Waals surface area (Å²) >= 11 is 5.71. The molecule has 1 fully saturated rings. The van der Waals surface area contributed by atoms with Gasteiger partial charge < -0.3 is 10.6 Å². The molecule has 2 N–H and O–H groups in total. The Kier molecular flexibility index (Phi) is 4.19. The first-order chi connectivity index (χ1) is 9.47. The van der Waals surface area contributed by atoms with Gasteiger partial charge in [0.2, 0.25) is 5.91 Å². The molecule has 0 aliphatic heterocycles. The van der Waals surface area contributed by atoms with Gasteiger partial charge in [0.25, 0.3) is 11.6 Å². The number of carbonyl (C=O) groups excluding carboxylic acids is 2. The van der Waals surface area contributed by atoms with E-state index in [4.69, 9.17) is 11.6 Å². The SMILES string of the molecule is O=C(CNC(=O)c1ccc([N+](=O)[O-])c(Cl)c1)NC1CC1. The molecule has 1 aromatic rings. The van der Waals surface area contributed by atoms with Crippen LogP contribution in [-0.4, -0.2) is 29.3 Å². The van der Waals surface area contributed by atoms with Crippen molar-refractivity contribution in [2.45, 2.75) is 18.9 Å². The van der Waals surface area contributed by atoms with Crippen LogP contribution in [0, 0.1) is 10.1 Å². The molecule has 8 heteroatoms. The number of hydrogen-bond donors (Lipinski definition) is 2. The van der Waals surface area contributed by atoms with Gasteiger partial charge >= 0.3 is 0 Å². The largest absolute Gasteiger partial charge is 0.352 e. The Hall–Kier alpha value is -2.15. The van der Waals surface area contributed by atoms with Crippen molar-refractivity contribution >= 4 is 29.1 Å². The average molecular weight is 298 g/mol. The molecule has 20 heavy (non-hydrogen) atoms. The molecule has 1 saturated carbocycles. The lowest BCUT2D eigenvalue weighted by Gasteiger charge is -2.06. The summed E-state index contributed by atoms with van der Waals surface area (Å²) in [5, 5.41) is 15.6. The molecule has 0 radical (unpaired) electrons. The Bertz CT molecular complexity index is 572. The monoisotopic (exact) mass is 297 g/mol. The number of nitro benzene ring substituents is 1. The van der Waals surface area contributed by atoms with Gasteiger partial charge in [0, 0.05) is 17.7 Å². The molecular formula is C12H12ClN3O4. The maximum atomic E-state index is 11.8. The molecule has 2 amide bonds. The molecule has 7 nitrogen and oxygen atoms in total. The van der Waals surface area contributed by atoms with Gasteiger partial charge in [-0.3, -0.25) is 19.7 Å². The van der Waals surface area contributed by atoms with E-state index in [2.05, 4.69) is 10.6 Å². The smallest absolute Gasteiger partial charge is 0.287 e. The van der Waals surface area contributed by atoms with Crippen LogP contribution in [-0.2, 0) is 4.79 Å². The second kappa shape index (κ2) is 5.87. The van der Waals surface area contributed by atoms with Gasteiger partial charge in [-0.25, -0.2) is 0 Å². The molecule has 0 spiro atoms. The Morgan fingerprint density at radius 1 is 1.40 bits per heavy atom. The highest BCUT2D eigenvalue weighted by molar-refractivity contribution is 6.33. The van der Waals surface area contributed by atoms with Gasteiger partial charge in [-0.15, -0.1) is 0 Å². The second-order valence-corrected chi connectivity index (χ2v) is 4.85. The minimum absolute atomic E-state index is 0.120. The Morgan fingerprint density at radius 3 is 2.65 bits per heavy atom. The zero-order chi connectivity index (χ0) is 14.7. The predicted octanol–water partition coefficient (Wildman–Crippen LogP) is 1.26. The van der Waals surface area contributed by atoms with Crippen molar-refractivity contribution in [2.24, 2.45) is 0 Å². The van der Waals surface area contributed by atoms with Gasteiger partial charge in [0.1, 0.15) is 5.02 Å². The van der Waals surface area contributed by atoms with Crippen LogP contribution in [0.4, 0.5) is 5.69 Å². The van der Waals surface area contributed by atoms with E-state index in [9.17, 15) is 19.7 Å². The normalized spacial score (nSPS) is 13.7. The number of halogens is 1. The zero-order valence-electron chi connectivity index (χ0n) is 10.4. The molecule has 1 aromatic carbocycles. The summed E-state index contributed by atoms with van der Waals surface area (Å²) in [5.74, 6) is -0.762. The van der Waals surface area contributed by atoms with Crippen molar-refractivity contribution in [3.05, 3.63) is 38.9 Å². The fraction of sp³-hybridized carbons (Fsp3) is 0.333. The van der Waals surface area contributed by atoms with Gasteiger partial charge in [-0.1, -0.05) is 11.6 Å². The molecule has 0 aromatic heterocycles. The number of hydrogen-bond acceptors (Lipinski definition) is 4. The molecule has 1 aliphatic carbocycles. The van der Waals surface area contributed by atoms with Crippen LogP contribution in [0.15, 0.2) is 18.2 Å². The molecule has 0 heterocycles. The summed E-state index contributed by atoms with van der Waals surface area (Å²) in [6, 6.07) is 3.88. The van der Waals surface area contributed by atoms with Crippen LogP contribution in [0.25, 0.3) is 0 Å². The average Bonchev–Trinajstić information content (AvgIpc) is 3.19. The third-order valence-electron chi connectivity index (χ3n) is 2.76. The highest BCUT2D eigenvalue weighted by Gasteiger charge is 2.23. The topological polar surface area (TPSA) is 101 Å². The van der Waals surface area contributed by atoms with Crippen LogP contribution in [0.2, 0.25) is 5.02 Å². The van der Waals surface area contributed by atoms with Gasteiger partial charge in [0.15, 0.2) is 0 Å². The van der Waals surface area contributed by atoms with E-state index < -0.39 is 10.8 Å². The lowest BCUT2D eigenvalue weighted by molar-refractivity contribution is -0.384. The molecule has 106 valence electrons. The number of amides is 2. The molecule has 1 aliphatic rings. The fourth-order valence-corrected chi connectivity index (χ4v) is 1.81. The van der Waals surface area contributed by atoms with Crippen LogP contribution in [0.5, 0.6) is 0 Å². The van der Waals surface area contributed by atoms with Crippen molar-refractivity contribution < 1.29 is 14.5 Å². The van der Waals surface area contributed by atoms with Crippen molar-refractivity contribution in [1.29, 1.82) is 0 Å². The van der Waals surface area contributed by atoms with E-state index in [1.807, 2.05) is 0 Å². The minimum atomic E-state index is -0.632. The number of nitro groups is 1. The van der Waals surface area contributed by atoms with Gasteiger partial charge in [0.05, 0.1) is 11.5 Å². The van der Waals surface area contributed by atoms with Crippen LogP contribution in [0.1, 0.15) is 23.2 Å². The lowest BCUT2D eigenvalue weighted by Crippen LogP contribution is -2.37. The first kappa shape index (κ1) is 14.3. The maximum Gasteiger partial charge on any atom is 0.287 e. The number of benzene rings is 1. The summed E-state index contributed by atoms with van der Waals surface area (Å²) in [4.78, 5) is 33.1. The molecular weight excluding hydrogens is 286 g/mol. The highest BCUT2D eigenvalue weighted by Crippen LogP contribution is 2.24. The summed E-state index contributed by atoms with van der Waals surface area (Å²) in [6.45, 7) is -0.135. The first-order valence-electron chi connectivity index (χ1n) is 5.99. The Morgan fingerprint density at radius 2 is 2.10 bits per heavy atom. The van der Waals surface area contributed by atoms with E-state index in [0.717, 1.165) is 18.9 Å². The van der Waals surface area contributed by atoms with E-state index in [1.165, 1.54) is 12.1 Å². The van der Waals surface area contributed by atoms with Crippen molar-refractivity contribution in [2.75, 3.05) is 6.54 Å². The Labute approximate surface area is 119 Å². The molecule has 0 atom stereocenters. The predicted molar refractivity (Wildman–Crippen MR) is 71.6 cm³/mol. The number of nitrogens with one attached hydrogen (secondary N) is 2. The second-order valence-electron chi connectivity index (χ2n) is 4.45. The van der Waals surface area contributed by atoms with E-state index in [0.29, 0.717) is 0 Å². The van der Waals surface area contributed by atoms with Crippen molar-refractivity contribution in [3.63, 3.8) is 0 Å². The molecule has 0 saturated heterocycles. The fourth-order valence-electron chi connectivity index (χ4n) is 1.57. The minimum Gasteiger partial charge on any atom is -0.352 e. The van der Waals surface area contributed by atoms with Crippen LogP contribution >= 0.6 is 11.6 Å². The third kappa shape index (κ3) is 3.67. The molecule has 0 bridgehead atoms. The first-order valence-corrected chi connectivity index (χ1v) is 6.36. The number of nitrogens with zero attached hydrogens (tertiary/aromatic N) is 1. The summed E-state index contributed by atoms with van der Waals surface area (Å²) in [7, 11) is 0. The standard InChI is InChI=1S/C12H12ClN3O4/c13-9-5-7(1-4-10(9)16(19)20)12(18)14-6-11(17)15-8-2-3-8/h1,4-5,8H,2-3,6H2,(H,14,18)(H,15,17). The summed E-state index contributed by atoms with van der Waals surface area (Å²) in [5.41, 5.74) is -0.102. The third-order valence-corrected chi connectivity index (χ3v) is 3.06. The Balaban J connectivity index is 1.93. The van der Waals surface area contributed by atoms with E-state index >= 15 is 0 Å². The zero-order valence-corrected chi connectivity index (χ0v) is 11.1. The van der Waals surface area contributed by atoms with Gasteiger partial charge in [-0.05, 0) is 25.0 Å². The van der Waals surface area contributed by atoms with Crippen molar-refractivity contribution in [3.8, 4) is 0 Å². The van der Waals surface area contributed by atoms with Crippen LogP contribution in [0.3, 0.4) is 0 Å². The highest BCUT2D eigenvalue weighted by atomic mass is 35.5. The van der Waals surface area contributed by atoms with E-state index in [-0.39, 0.29) is 34.8 Å². The quantitative estimate of drug-likeness (QED) is 0.631. The summed E-state index contributed by atoms with van der Waals surface area (Å²) < 4.78 is 0. The van der Waals surface area contributed by atoms with Crippen LogP contribution < -0.4 is 10.6 Å². The summed E-state index contributed by atoms with van der Waals surface area (Å²) in [6.07, 6.45) is 1.94. The molecule has 2 rings (SSSR count). The van der Waals surface area contributed by atoms with E-state index in [1.54, 1.807) is 0 Å². The van der Waals surface area contributed by atoms with Crippen molar-refractivity contribution in [1.82, 2.24) is 10.6 Å². The maximum absolute atomic E-state index is 11.8. The lowest BCUT2D eigenvalue weighted by atomic mass is 10.2. The number of carbonyl (C=O) groups is 2. The molecule has 0 unspecified atom stereocenters. The number of rotatable bonds is 5.